The Hall–Kier alpha value is -7.98. The minimum atomic E-state index is -0.753. The molecule has 0 bridgehead atoms. The molecule has 0 radical (unpaired) electrons. The Bertz CT molecular complexity index is 2400. The number of para-hydroxylation sites is 1. The molecule has 0 fully saturated rings. The minimum Gasteiger partial charge on any atom is -0.425 e. The van der Waals surface area contributed by atoms with Crippen LogP contribution in [-0.4, -0.2) is 60.6 Å². The molecule has 0 amide bonds. The average molecular weight is 802 g/mol. The first kappa shape index (κ1) is 41.2. The van der Waals surface area contributed by atoms with Crippen molar-refractivity contribution in [1.29, 1.82) is 0 Å². The van der Waals surface area contributed by atoms with Crippen molar-refractivity contribution >= 4 is 80.9 Å². The highest BCUT2D eigenvalue weighted by Gasteiger charge is 2.15. The summed E-state index contributed by atoms with van der Waals surface area (Å²) >= 11 is 1.39. The van der Waals surface area contributed by atoms with E-state index in [2.05, 4.69) is 38.1 Å². The van der Waals surface area contributed by atoms with Gasteiger partial charge in [0.15, 0.2) is 0 Å². The summed E-state index contributed by atoms with van der Waals surface area (Å²) in [6.45, 7) is 5.35. The van der Waals surface area contributed by atoms with Gasteiger partial charge in [0.25, 0.3) is 0 Å². The molecule has 0 atom stereocenters. The molecule has 0 aliphatic heterocycles. The number of fused-ring (bicyclic) bond motifs is 1. The van der Waals surface area contributed by atoms with Gasteiger partial charge in [-0.3, -0.25) is 5.43 Å². The maximum atomic E-state index is 13.2. The average Bonchev–Trinajstić information content (AvgIpc) is 3.66. The fourth-order valence-electron chi connectivity index (χ4n) is 4.48. The highest BCUT2D eigenvalue weighted by Crippen LogP contribution is 2.27. The van der Waals surface area contributed by atoms with Crippen LogP contribution < -0.4 is 14.9 Å². The summed E-state index contributed by atoms with van der Waals surface area (Å²) in [7, 11) is 0. The number of rotatable bonds is 17. The molecule has 5 rings (SSSR count). The molecule has 0 aliphatic rings. The maximum absolute atomic E-state index is 13.2. The lowest BCUT2D eigenvalue weighted by Crippen LogP contribution is -2.11. The first-order valence-electron chi connectivity index (χ1n) is 16.8. The highest BCUT2D eigenvalue weighted by molar-refractivity contribution is 7.22. The molecule has 5 aromatic rings. The molecular formula is C42H31N3O12S. The van der Waals surface area contributed by atoms with E-state index in [-0.39, 0.29) is 28.2 Å². The van der Waals surface area contributed by atoms with Gasteiger partial charge in [-0.15, -0.1) is 0 Å². The van der Waals surface area contributed by atoms with Gasteiger partial charge >= 0.3 is 35.8 Å². The molecule has 0 aliphatic carbocycles. The Kier molecular flexibility index (Phi) is 14.7. The number of benzene rings is 4. The first-order chi connectivity index (χ1) is 28.1. The Morgan fingerprint density at radius 1 is 0.655 bits per heavy atom. The lowest BCUT2D eigenvalue weighted by Gasteiger charge is -2.10. The largest absolute Gasteiger partial charge is 0.425 e. The quantitative estimate of drug-likeness (QED) is 0.0262. The molecule has 1 N–H and O–H groups in total. The van der Waals surface area contributed by atoms with Crippen LogP contribution in [0.2, 0.25) is 0 Å². The van der Waals surface area contributed by atoms with Crippen molar-refractivity contribution in [3.8, 4) is 11.5 Å². The summed E-state index contributed by atoms with van der Waals surface area (Å²) in [6, 6.07) is 24.2. The monoisotopic (exact) mass is 801 g/mol. The first-order valence-corrected chi connectivity index (χ1v) is 17.6. The van der Waals surface area contributed by atoms with Crippen LogP contribution in [0.4, 0.5) is 5.13 Å². The van der Waals surface area contributed by atoms with Crippen LogP contribution in [-0.2, 0) is 38.1 Å². The molecule has 292 valence electrons. The number of nitrogens with zero attached hydrogens (tertiary/aromatic N) is 2. The zero-order valence-corrected chi connectivity index (χ0v) is 31.0. The molecule has 0 spiro atoms. The van der Waals surface area contributed by atoms with Gasteiger partial charge in [-0.1, -0.05) is 60.9 Å². The summed E-state index contributed by atoms with van der Waals surface area (Å²) in [4.78, 5) is 76.6. The molecule has 0 saturated carbocycles. The fourth-order valence-corrected chi connectivity index (χ4v) is 5.30. The van der Waals surface area contributed by atoms with Crippen LogP contribution in [0.15, 0.2) is 134 Å². The Morgan fingerprint density at radius 3 is 1.74 bits per heavy atom. The minimum absolute atomic E-state index is 0.0945. The third-order valence-electron chi connectivity index (χ3n) is 7.31. The number of hydrogen-bond donors (Lipinski definition) is 1. The molecule has 1 heterocycles. The second-order valence-electron chi connectivity index (χ2n) is 11.2. The van der Waals surface area contributed by atoms with Crippen LogP contribution in [0.5, 0.6) is 11.5 Å². The molecule has 4 aromatic carbocycles. The smallest absolute Gasteiger partial charge is 0.343 e. The number of anilines is 1. The fraction of sp³-hybridized carbons (Fsp3) is 0.0476. The number of ether oxygens (including phenoxy) is 6. The van der Waals surface area contributed by atoms with Crippen LogP contribution >= 0.6 is 11.3 Å². The summed E-state index contributed by atoms with van der Waals surface area (Å²) < 4.78 is 31.0. The number of hydrazone groups is 1. The van der Waals surface area contributed by atoms with Gasteiger partial charge in [0.2, 0.25) is 18.7 Å². The lowest BCUT2D eigenvalue weighted by molar-refractivity contribution is -0.162. The standard InChI is InChI=1S/C42H31N3O12S/c1-3-36(46)52-25-54-38(48)21-13-27-9-15-29(16-10-27)40(50)56-32-19-20-34(31(23-32)24-43-45-42-44-33-7-5-6-8-35(33)58-42)57-41(51)30-17-11-28(12-18-30)14-22-39(49)55-26-53-37(47)4-2/h3-24H,1-2,25-26H2,(H,44,45)/b21-13+,22-14+,43-24+. The normalized spacial score (nSPS) is 10.9. The van der Waals surface area contributed by atoms with Crippen molar-refractivity contribution in [1.82, 2.24) is 4.98 Å². The number of hydrogen-bond acceptors (Lipinski definition) is 16. The molecule has 0 saturated heterocycles. The van der Waals surface area contributed by atoms with Crippen molar-refractivity contribution in [2.45, 2.75) is 0 Å². The van der Waals surface area contributed by atoms with Gasteiger partial charge in [0, 0.05) is 29.9 Å². The predicted octanol–water partition coefficient (Wildman–Crippen LogP) is 6.67. The second kappa shape index (κ2) is 20.6. The molecule has 58 heavy (non-hydrogen) atoms. The zero-order chi connectivity index (χ0) is 41.3. The van der Waals surface area contributed by atoms with Crippen molar-refractivity contribution < 1.29 is 57.2 Å². The van der Waals surface area contributed by atoms with Gasteiger partial charge in [0.05, 0.1) is 27.6 Å². The third kappa shape index (κ3) is 12.5. The van der Waals surface area contributed by atoms with Crippen LogP contribution in [0.1, 0.15) is 37.4 Å². The maximum Gasteiger partial charge on any atom is 0.343 e. The van der Waals surface area contributed by atoms with E-state index in [0.29, 0.717) is 16.3 Å². The van der Waals surface area contributed by atoms with Crippen molar-refractivity contribution in [2.75, 3.05) is 19.0 Å². The number of thiazole rings is 1. The van der Waals surface area contributed by atoms with E-state index in [4.69, 9.17) is 18.9 Å². The van der Waals surface area contributed by atoms with Crippen molar-refractivity contribution in [2.24, 2.45) is 5.10 Å². The topological polar surface area (TPSA) is 195 Å². The molecular weight excluding hydrogens is 771 g/mol. The number of aromatic nitrogens is 1. The Balaban J connectivity index is 1.26. The molecule has 1 aromatic heterocycles. The van der Waals surface area contributed by atoms with E-state index in [1.165, 1.54) is 72.2 Å². The predicted molar refractivity (Wildman–Crippen MR) is 213 cm³/mol. The van der Waals surface area contributed by atoms with E-state index in [1.807, 2.05) is 24.3 Å². The van der Waals surface area contributed by atoms with Crippen LogP contribution in [0.25, 0.3) is 22.4 Å². The molecule has 0 unspecified atom stereocenters. The number of carbonyl (C=O) groups is 6. The second-order valence-corrected chi connectivity index (χ2v) is 12.3. The number of carbonyl (C=O) groups excluding carboxylic acids is 6. The van der Waals surface area contributed by atoms with Gasteiger partial charge in [0.1, 0.15) is 11.5 Å². The van der Waals surface area contributed by atoms with Crippen molar-refractivity contribution in [3.05, 3.63) is 156 Å². The van der Waals surface area contributed by atoms with Gasteiger partial charge in [-0.05, 0) is 77.9 Å². The van der Waals surface area contributed by atoms with E-state index in [1.54, 1.807) is 24.3 Å². The Morgan fingerprint density at radius 2 is 1.19 bits per heavy atom. The van der Waals surface area contributed by atoms with E-state index in [0.717, 1.165) is 34.5 Å². The SMILES string of the molecule is C=CC(=O)OCOC(=O)/C=C/c1ccc(C(=O)Oc2ccc(OC(=O)c3ccc(/C=C/C(=O)OCOC(=O)C=C)cc3)c(/C=N/Nc3nc4ccccc4s3)c2)cc1. The van der Waals surface area contributed by atoms with E-state index in [9.17, 15) is 28.8 Å². The summed E-state index contributed by atoms with van der Waals surface area (Å²) in [5.41, 5.74) is 5.45. The van der Waals surface area contributed by atoms with Gasteiger partial charge in [-0.25, -0.2) is 33.8 Å². The summed E-state index contributed by atoms with van der Waals surface area (Å²) in [6.07, 6.45) is 8.40. The van der Waals surface area contributed by atoms with Gasteiger partial charge in [-0.2, -0.15) is 5.10 Å². The lowest BCUT2D eigenvalue weighted by atomic mass is 10.1. The third-order valence-corrected chi connectivity index (χ3v) is 8.25. The van der Waals surface area contributed by atoms with Crippen LogP contribution in [0.3, 0.4) is 0 Å². The number of nitrogens with one attached hydrogen (secondary N) is 1. The number of esters is 6. The molecule has 15 nitrogen and oxygen atoms in total. The van der Waals surface area contributed by atoms with E-state index < -0.39 is 49.4 Å². The van der Waals surface area contributed by atoms with Crippen LogP contribution in [0, 0.1) is 0 Å². The molecule has 16 heteroatoms. The van der Waals surface area contributed by atoms with Crippen molar-refractivity contribution in [3.63, 3.8) is 0 Å². The van der Waals surface area contributed by atoms with Gasteiger partial charge < -0.3 is 28.4 Å². The van der Waals surface area contributed by atoms with E-state index >= 15 is 0 Å². The Labute approximate surface area is 334 Å². The highest BCUT2D eigenvalue weighted by atomic mass is 32.1. The summed E-state index contributed by atoms with van der Waals surface area (Å²) in [5.74, 6) is -4.17. The summed E-state index contributed by atoms with van der Waals surface area (Å²) in [5, 5.41) is 4.79. The zero-order valence-electron chi connectivity index (χ0n) is 30.2.